The fraction of sp³-hybridized carbons (Fsp3) is 0.231. The van der Waals surface area contributed by atoms with Crippen molar-refractivity contribution in [3.63, 3.8) is 0 Å². The van der Waals surface area contributed by atoms with Crippen molar-refractivity contribution in [3.8, 4) is 5.75 Å². The summed E-state index contributed by atoms with van der Waals surface area (Å²) in [6.07, 6.45) is 0. The lowest BCUT2D eigenvalue weighted by molar-refractivity contribution is -0.139. The summed E-state index contributed by atoms with van der Waals surface area (Å²) < 4.78 is 12.4. The number of anilines is 1. The minimum absolute atomic E-state index is 0.192. The molecule has 2 aliphatic rings. The highest BCUT2D eigenvalue weighted by Gasteiger charge is 2.36. The van der Waals surface area contributed by atoms with Crippen LogP contribution in [0.3, 0.4) is 0 Å². The first-order chi connectivity index (χ1) is 16.9. The highest BCUT2D eigenvalue weighted by Crippen LogP contribution is 2.34. The Kier molecular flexibility index (Phi) is 5.64. The van der Waals surface area contributed by atoms with E-state index in [1.807, 2.05) is 36.4 Å². The quantitative estimate of drug-likeness (QED) is 0.524. The molecule has 0 spiro atoms. The number of benzene rings is 2. The first-order valence-electron chi connectivity index (χ1n) is 11.1. The largest absolute Gasteiger partial charge is 0.497 e. The van der Waals surface area contributed by atoms with Crippen LogP contribution < -0.4 is 24.5 Å². The number of amides is 1. The van der Waals surface area contributed by atoms with Gasteiger partial charge in [-0.05, 0) is 37.6 Å². The van der Waals surface area contributed by atoms with Crippen LogP contribution in [-0.2, 0) is 14.3 Å². The van der Waals surface area contributed by atoms with Crippen molar-refractivity contribution in [1.29, 1.82) is 0 Å². The molecule has 0 radical (unpaired) electrons. The van der Waals surface area contributed by atoms with Crippen molar-refractivity contribution in [2.75, 3.05) is 25.7 Å². The average Bonchev–Trinajstić information content (AvgIpc) is 3.31. The number of hydrogen-bond donors (Lipinski definition) is 0. The molecule has 0 saturated heterocycles. The number of aromatic nitrogens is 1. The second-order valence-electron chi connectivity index (χ2n) is 8.15. The maximum Gasteiger partial charge on any atom is 0.338 e. The summed E-state index contributed by atoms with van der Waals surface area (Å²) in [7, 11) is 3.26. The van der Waals surface area contributed by atoms with Crippen molar-refractivity contribution >= 4 is 34.5 Å². The van der Waals surface area contributed by atoms with Gasteiger partial charge in [0, 0.05) is 12.6 Å². The smallest absolute Gasteiger partial charge is 0.338 e. The Morgan fingerprint density at radius 1 is 1.11 bits per heavy atom. The highest BCUT2D eigenvalue weighted by atomic mass is 32.1. The van der Waals surface area contributed by atoms with Crippen LogP contribution in [0.5, 0.6) is 5.75 Å². The molecule has 1 aromatic heterocycles. The summed E-state index contributed by atoms with van der Waals surface area (Å²) in [6.45, 7) is 3.65. The summed E-state index contributed by atoms with van der Waals surface area (Å²) >= 11 is 1.15. The second-order valence-corrected chi connectivity index (χ2v) is 9.13. The number of methoxy groups -OCH3 is 1. The van der Waals surface area contributed by atoms with Gasteiger partial charge in [0.15, 0.2) is 4.80 Å². The van der Waals surface area contributed by atoms with Gasteiger partial charge in [-0.3, -0.25) is 14.2 Å². The Morgan fingerprint density at radius 3 is 2.51 bits per heavy atom. The van der Waals surface area contributed by atoms with E-state index in [0.29, 0.717) is 37.5 Å². The van der Waals surface area contributed by atoms with Crippen LogP contribution in [0.15, 0.2) is 69.6 Å². The molecule has 2 aliphatic heterocycles. The van der Waals surface area contributed by atoms with E-state index in [1.165, 1.54) is 4.57 Å². The lowest BCUT2D eigenvalue weighted by atomic mass is 9.96. The molecule has 178 valence electrons. The lowest BCUT2D eigenvalue weighted by Gasteiger charge is -2.24. The van der Waals surface area contributed by atoms with Crippen LogP contribution in [0, 0.1) is 0 Å². The van der Waals surface area contributed by atoms with Crippen LogP contribution in [-0.4, -0.2) is 37.2 Å². The summed E-state index contributed by atoms with van der Waals surface area (Å²) in [6, 6.07) is 13.8. The number of thiazole rings is 1. The van der Waals surface area contributed by atoms with Crippen LogP contribution >= 0.6 is 11.3 Å². The summed E-state index contributed by atoms with van der Waals surface area (Å²) in [4.78, 5) is 46.7. The van der Waals surface area contributed by atoms with Crippen LogP contribution in [0.1, 0.15) is 31.0 Å². The van der Waals surface area contributed by atoms with Crippen molar-refractivity contribution in [3.05, 3.63) is 90.6 Å². The minimum Gasteiger partial charge on any atom is -0.497 e. The molecular formula is C26H23N3O5S. The molecule has 2 aromatic carbocycles. The molecule has 0 bridgehead atoms. The molecule has 0 N–H and O–H groups in total. The van der Waals surface area contributed by atoms with Gasteiger partial charge in [-0.1, -0.05) is 41.7 Å². The molecule has 0 saturated carbocycles. The van der Waals surface area contributed by atoms with E-state index in [4.69, 9.17) is 9.47 Å². The molecule has 1 amide bonds. The van der Waals surface area contributed by atoms with Gasteiger partial charge in [0.2, 0.25) is 0 Å². The SMILES string of the molecule is CCOC(=O)C1=C(C)N=c2s/c(=C3\C(=O)N(C)c4ccccc43)c(=O)n2[C@H]1c1ccc(OC)cc1. The number of rotatable bonds is 4. The van der Waals surface area contributed by atoms with Gasteiger partial charge in [-0.2, -0.15) is 0 Å². The van der Waals surface area contributed by atoms with Crippen LogP contribution in [0.4, 0.5) is 5.69 Å². The van der Waals surface area contributed by atoms with Gasteiger partial charge in [0.1, 0.15) is 10.3 Å². The number of hydrogen-bond acceptors (Lipinski definition) is 7. The molecule has 3 aromatic rings. The highest BCUT2D eigenvalue weighted by molar-refractivity contribution is 7.07. The van der Waals surface area contributed by atoms with E-state index in [0.717, 1.165) is 17.0 Å². The first-order valence-corrected chi connectivity index (χ1v) is 11.9. The van der Waals surface area contributed by atoms with E-state index in [2.05, 4.69) is 4.99 Å². The van der Waals surface area contributed by atoms with E-state index in [-0.39, 0.29) is 23.6 Å². The normalized spacial score (nSPS) is 18.2. The molecule has 1 atom stereocenters. The monoisotopic (exact) mass is 489 g/mol. The minimum atomic E-state index is -0.755. The maximum atomic E-state index is 13.9. The number of fused-ring (bicyclic) bond motifs is 2. The van der Waals surface area contributed by atoms with Gasteiger partial charge in [0.25, 0.3) is 11.5 Å². The predicted molar refractivity (Wildman–Crippen MR) is 132 cm³/mol. The number of likely N-dealkylation sites (N-methyl/N-ethyl adjacent to an activating group) is 1. The molecule has 5 rings (SSSR count). The Morgan fingerprint density at radius 2 is 1.83 bits per heavy atom. The van der Waals surface area contributed by atoms with Gasteiger partial charge in [-0.15, -0.1) is 0 Å². The third kappa shape index (κ3) is 3.50. The van der Waals surface area contributed by atoms with Gasteiger partial charge in [0.05, 0.1) is 42.3 Å². The Labute approximate surface area is 205 Å². The Bertz CT molecular complexity index is 1580. The number of allylic oxidation sites excluding steroid dienone is 1. The molecule has 0 fully saturated rings. The van der Waals surface area contributed by atoms with Gasteiger partial charge < -0.3 is 14.4 Å². The third-order valence-electron chi connectivity index (χ3n) is 6.20. The average molecular weight is 490 g/mol. The van der Waals surface area contributed by atoms with Crippen molar-refractivity contribution in [2.24, 2.45) is 4.99 Å². The topological polar surface area (TPSA) is 90.2 Å². The molecule has 35 heavy (non-hydrogen) atoms. The Balaban J connectivity index is 1.81. The van der Waals surface area contributed by atoms with Gasteiger partial charge >= 0.3 is 5.97 Å². The molecule has 8 nitrogen and oxygen atoms in total. The van der Waals surface area contributed by atoms with E-state index in [1.54, 1.807) is 45.0 Å². The van der Waals surface area contributed by atoms with Crippen LogP contribution in [0.25, 0.3) is 5.57 Å². The zero-order valence-corrected chi connectivity index (χ0v) is 20.5. The predicted octanol–water partition coefficient (Wildman–Crippen LogP) is 2.15. The van der Waals surface area contributed by atoms with Crippen molar-refractivity contribution < 1.29 is 19.1 Å². The number of esters is 1. The number of nitrogens with zero attached hydrogens (tertiary/aromatic N) is 3. The van der Waals surface area contributed by atoms with E-state index in [9.17, 15) is 14.4 Å². The van der Waals surface area contributed by atoms with Crippen LogP contribution in [0.2, 0.25) is 0 Å². The third-order valence-corrected chi connectivity index (χ3v) is 7.26. The van der Waals surface area contributed by atoms with Crippen molar-refractivity contribution in [1.82, 2.24) is 4.57 Å². The number of ether oxygens (including phenoxy) is 2. The standard InChI is InChI=1S/C26H23N3O5S/c1-5-34-25(32)19-14(2)27-26-29(21(19)15-10-12-16(33-4)13-11-15)24(31)22(35-26)20-17-8-6-7-9-18(17)28(3)23(20)30/h6-13,21H,5H2,1-4H3/b22-20-/t21-/m0/s1. The fourth-order valence-electron chi connectivity index (χ4n) is 4.53. The first kappa shape index (κ1) is 22.8. The molecule has 0 unspecified atom stereocenters. The summed E-state index contributed by atoms with van der Waals surface area (Å²) in [5, 5.41) is 0. The second kappa shape index (κ2) is 8.66. The molecular weight excluding hydrogens is 466 g/mol. The maximum absolute atomic E-state index is 13.9. The van der Waals surface area contributed by atoms with Gasteiger partial charge in [-0.25, -0.2) is 9.79 Å². The van der Waals surface area contributed by atoms with E-state index >= 15 is 0 Å². The molecule has 3 heterocycles. The van der Waals surface area contributed by atoms with E-state index < -0.39 is 12.0 Å². The molecule has 9 heteroatoms. The summed E-state index contributed by atoms with van der Waals surface area (Å²) in [5.74, 6) is -0.133. The summed E-state index contributed by atoms with van der Waals surface area (Å²) in [5.41, 5.74) is 2.88. The number of para-hydroxylation sites is 1. The number of carbonyl (C=O) groups is 2. The Hall–Kier alpha value is -3.98. The zero-order valence-electron chi connectivity index (χ0n) is 19.7. The molecule has 0 aliphatic carbocycles. The zero-order chi connectivity index (χ0) is 24.9. The fourth-order valence-corrected chi connectivity index (χ4v) is 5.67. The number of carbonyl (C=O) groups excluding carboxylic acids is 2. The van der Waals surface area contributed by atoms with Crippen molar-refractivity contribution in [2.45, 2.75) is 19.9 Å². The lowest BCUT2D eigenvalue weighted by Crippen LogP contribution is -2.40.